The van der Waals surface area contributed by atoms with E-state index < -0.39 is 18.5 Å². The standard InChI is InChI=1S/C12H22N2O5/c1-3-4-18-12(17)14-7-9-5-8(6-13-2)10(15)11(16)19-9/h3,8-11,13,15-16H,1,4-7H2,2H3,(H,14,17)/t8?,9?,10-,11+/m0/s1. The second-order valence-electron chi connectivity index (χ2n) is 4.46. The fourth-order valence-electron chi connectivity index (χ4n) is 2.02. The molecule has 0 aromatic rings. The average Bonchev–Trinajstić information content (AvgIpc) is 2.39. The molecule has 4 atom stereocenters. The summed E-state index contributed by atoms with van der Waals surface area (Å²) in [7, 11) is 1.77. The van der Waals surface area contributed by atoms with Crippen molar-refractivity contribution in [2.75, 3.05) is 26.7 Å². The molecule has 1 heterocycles. The van der Waals surface area contributed by atoms with Gasteiger partial charge in [-0.05, 0) is 13.5 Å². The largest absolute Gasteiger partial charge is 0.445 e. The zero-order valence-corrected chi connectivity index (χ0v) is 11.0. The van der Waals surface area contributed by atoms with E-state index in [1.54, 1.807) is 7.05 Å². The Kier molecular flexibility index (Phi) is 6.79. The van der Waals surface area contributed by atoms with Crippen LogP contribution in [-0.4, -0.2) is 61.5 Å². The Morgan fingerprint density at radius 3 is 2.89 bits per heavy atom. The first-order chi connectivity index (χ1) is 9.08. The lowest BCUT2D eigenvalue weighted by molar-refractivity contribution is -0.231. The molecular weight excluding hydrogens is 252 g/mol. The number of carbonyl (C=O) groups is 1. The van der Waals surface area contributed by atoms with Crippen molar-refractivity contribution >= 4 is 6.09 Å². The van der Waals surface area contributed by atoms with Crippen LogP contribution in [0.1, 0.15) is 6.42 Å². The lowest BCUT2D eigenvalue weighted by Crippen LogP contribution is -2.50. The zero-order valence-electron chi connectivity index (χ0n) is 11.0. The van der Waals surface area contributed by atoms with Gasteiger partial charge in [-0.2, -0.15) is 0 Å². The fraction of sp³-hybridized carbons (Fsp3) is 0.750. The molecule has 7 heteroatoms. The molecule has 110 valence electrons. The van der Waals surface area contributed by atoms with E-state index in [9.17, 15) is 15.0 Å². The molecule has 1 saturated heterocycles. The fourth-order valence-corrected chi connectivity index (χ4v) is 2.02. The highest BCUT2D eigenvalue weighted by Gasteiger charge is 2.36. The Hall–Kier alpha value is -1.15. The van der Waals surface area contributed by atoms with Crippen molar-refractivity contribution in [3.8, 4) is 0 Å². The molecule has 1 rings (SSSR count). The van der Waals surface area contributed by atoms with Gasteiger partial charge in [0, 0.05) is 19.0 Å². The van der Waals surface area contributed by atoms with Gasteiger partial charge in [0.25, 0.3) is 0 Å². The summed E-state index contributed by atoms with van der Waals surface area (Å²) in [6, 6.07) is 0. The van der Waals surface area contributed by atoms with Gasteiger partial charge in [0.05, 0.1) is 6.10 Å². The van der Waals surface area contributed by atoms with E-state index in [-0.39, 0.29) is 25.2 Å². The summed E-state index contributed by atoms with van der Waals surface area (Å²) in [6.07, 6.45) is -1.05. The molecule has 19 heavy (non-hydrogen) atoms. The van der Waals surface area contributed by atoms with Gasteiger partial charge in [-0.25, -0.2) is 4.79 Å². The summed E-state index contributed by atoms with van der Waals surface area (Å²) in [5.41, 5.74) is 0. The van der Waals surface area contributed by atoms with Gasteiger partial charge in [-0.15, -0.1) is 0 Å². The van der Waals surface area contributed by atoms with Gasteiger partial charge in [-0.1, -0.05) is 12.7 Å². The third-order valence-electron chi connectivity index (χ3n) is 2.95. The molecule has 1 aliphatic rings. The van der Waals surface area contributed by atoms with Gasteiger partial charge < -0.3 is 30.3 Å². The minimum atomic E-state index is -1.23. The number of aliphatic hydroxyl groups is 2. The number of hydrogen-bond donors (Lipinski definition) is 4. The number of carbonyl (C=O) groups excluding carboxylic acids is 1. The Morgan fingerprint density at radius 2 is 2.26 bits per heavy atom. The van der Waals surface area contributed by atoms with Crippen molar-refractivity contribution in [1.29, 1.82) is 0 Å². The molecule has 1 aliphatic heterocycles. The van der Waals surface area contributed by atoms with Gasteiger partial charge >= 0.3 is 6.09 Å². The number of nitrogens with one attached hydrogen (secondary N) is 2. The SMILES string of the molecule is C=CCOC(=O)NCC1CC(CNC)[C@H](O)[C@H](O)O1. The molecule has 0 radical (unpaired) electrons. The van der Waals surface area contributed by atoms with Crippen LogP contribution in [0.4, 0.5) is 4.79 Å². The normalized spacial score (nSPS) is 30.7. The van der Waals surface area contributed by atoms with E-state index in [1.807, 2.05) is 0 Å². The molecule has 7 nitrogen and oxygen atoms in total. The monoisotopic (exact) mass is 274 g/mol. The first kappa shape index (κ1) is 15.9. The summed E-state index contributed by atoms with van der Waals surface area (Å²) >= 11 is 0. The minimum Gasteiger partial charge on any atom is -0.445 e. The number of alkyl carbamates (subject to hydrolysis) is 1. The maximum absolute atomic E-state index is 11.2. The van der Waals surface area contributed by atoms with Crippen LogP contribution in [0.2, 0.25) is 0 Å². The van der Waals surface area contributed by atoms with Crippen molar-refractivity contribution in [3.63, 3.8) is 0 Å². The zero-order chi connectivity index (χ0) is 14.3. The van der Waals surface area contributed by atoms with Crippen LogP contribution in [-0.2, 0) is 9.47 Å². The highest BCUT2D eigenvalue weighted by atomic mass is 16.6. The Balaban J connectivity index is 2.37. The first-order valence-corrected chi connectivity index (χ1v) is 6.26. The predicted octanol–water partition coefficient (Wildman–Crippen LogP) is -0.798. The second kappa shape index (κ2) is 8.11. The summed E-state index contributed by atoms with van der Waals surface area (Å²) in [5.74, 6) is -0.121. The van der Waals surface area contributed by atoms with Crippen LogP contribution in [0, 0.1) is 5.92 Å². The second-order valence-corrected chi connectivity index (χ2v) is 4.46. The maximum Gasteiger partial charge on any atom is 0.407 e. The summed E-state index contributed by atoms with van der Waals surface area (Å²) < 4.78 is 9.97. The average molecular weight is 274 g/mol. The van der Waals surface area contributed by atoms with Crippen LogP contribution < -0.4 is 10.6 Å². The van der Waals surface area contributed by atoms with Gasteiger partial charge in [0.2, 0.25) is 0 Å². The van der Waals surface area contributed by atoms with Crippen molar-refractivity contribution < 1.29 is 24.5 Å². The third kappa shape index (κ3) is 5.15. The van der Waals surface area contributed by atoms with Crippen molar-refractivity contribution in [3.05, 3.63) is 12.7 Å². The van der Waals surface area contributed by atoms with Crippen molar-refractivity contribution in [1.82, 2.24) is 10.6 Å². The van der Waals surface area contributed by atoms with Crippen LogP contribution in [0.15, 0.2) is 12.7 Å². The molecule has 0 spiro atoms. The van der Waals surface area contributed by atoms with E-state index in [2.05, 4.69) is 17.2 Å². The molecule has 0 bridgehead atoms. The maximum atomic E-state index is 11.2. The molecule has 0 aromatic heterocycles. The Labute approximate surface area is 112 Å². The predicted molar refractivity (Wildman–Crippen MR) is 68.5 cm³/mol. The van der Waals surface area contributed by atoms with Gasteiger partial charge in [0.15, 0.2) is 6.29 Å². The van der Waals surface area contributed by atoms with Gasteiger partial charge in [-0.3, -0.25) is 0 Å². The summed E-state index contributed by atoms with van der Waals surface area (Å²) in [5, 5.41) is 24.8. The molecular formula is C12H22N2O5. The number of ether oxygens (including phenoxy) is 2. The third-order valence-corrected chi connectivity index (χ3v) is 2.95. The van der Waals surface area contributed by atoms with E-state index in [4.69, 9.17) is 9.47 Å². The molecule has 1 fully saturated rings. The number of hydrogen-bond acceptors (Lipinski definition) is 6. The van der Waals surface area contributed by atoms with Crippen LogP contribution in [0.5, 0.6) is 0 Å². The van der Waals surface area contributed by atoms with E-state index in [0.29, 0.717) is 13.0 Å². The number of rotatable bonds is 6. The molecule has 4 N–H and O–H groups in total. The lowest BCUT2D eigenvalue weighted by atomic mass is 9.92. The van der Waals surface area contributed by atoms with Crippen molar-refractivity contribution in [2.45, 2.75) is 24.9 Å². The van der Waals surface area contributed by atoms with E-state index >= 15 is 0 Å². The number of aliphatic hydroxyl groups excluding tert-OH is 2. The minimum absolute atomic E-state index is 0.121. The van der Waals surface area contributed by atoms with Crippen LogP contribution in [0.3, 0.4) is 0 Å². The topological polar surface area (TPSA) is 100 Å². The van der Waals surface area contributed by atoms with E-state index in [1.165, 1.54) is 6.08 Å². The van der Waals surface area contributed by atoms with Gasteiger partial charge in [0.1, 0.15) is 12.7 Å². The molecule has 0 aromatic carbocycles. The molecule has 2 unspecified atom stereocenters. The molecule has 0 saturated carbocycles. The quantitative estimate of drug-likeness (QED) is 0.473. The smallest absolute Gasteiger partial charge is 0.407 e. The molecule has 0 aliphatic carbocycles. The van der Waals surface area contributed by atoms with Crippen LogP contribution in [0.25, 0.3) is 0 Å². The van der Waals surface area contributed by atoms with Crippen molar-refractivity contribution in [2.24, 2.45) is 5.92 Å². The highest BCUT2D eigenvalue weighted by Crippen LogP contribution is 2.23. The van der Waals surface area contributed by atoms with Crippen LogP contribution >= 0.6 is 0 Å². The molecule has 1 amide bonds. The summed E-state index contributed by atoms with van der Waals surface area (Å²) in [6.45, 7) is 4.36. The number of amides is 1. The Bertz CT molecular complexity index is 300. The highest BCUT2D eigenvalue weighted by molar-refractivity contribution is 5.67. The van der Waals surface area contributed by atoms with E-state index in [0.717, 1.165) is 0 Å². The summed E-state index contributed by atoms with van der Waals surface area (Å²) in [4.78, 5) is 11.2. The Morgan fingerprint density at radius 1 is 1.53 bits per heavy atom. The first-order valence-electron chi connectivity index (χ1n) is 6.26. The lowest BCUT2D eigenvalue weighted by Gasteiger charge is -2.36.